The van der Waals surface area contributed by atoms with Gasteiger partial charge in [0.1, 0.15) is 5.82 Å². The molecule has 0 radical (unpaired) electrons. The average molecular weight is 482 g/mol. The predicted octanol–water partition coefficient (Wildman–Crippen LogP) is 3.76. The number of ether oxygens (including phenoxy) is 1. The van der Waals surface area contributed by atoms with Crippen LogP contribution in [0.4, 0.5) is 0 Å². The first-order valence-electron chi connectivity index (χ1n) is 11.4. The molecule has 0 saturated heterocycles. The molecule has 4 rings (SSSR count). The summed E-state index contributed by atoms with van der Waals surface area (Å²) >= 11 is 5.91. The van der Waals surface area contributed by atoms with Crippen molar-refractivity contribution >= 4 is 34.2 Å². The third-order valence-electron chi connectivity index (χ3n) is 5.53. The van der Waals surface area contributed by atoms with Gasteiger partial charge in [-0.15, -0.1) is 10.2 Å². The van der Waals surface area contributed by atoms with E-state index >= 15 is 0 Å². The van der Waals surface area contributed by atoms with Gasteiger partial charge >= 0.3 is 0 Å². The van der Waals surface area contributed by atoms with E-state index in [1.807, 2.05) is 48.6 Å². The summed E-state index contributed by atoms with van der Waals surface area (Å²) in [7, 11) is 0. The smallest absolute Gasteiger partial charge is 0.262 e. The Labute approximate surface area is 202 Å². The van der Waals surface area contributed by atoms with Crippen LogP contribution in [0.2, 0.25) is 5.02 Å². The largest absolute Gasteiger partial charge is 0.379 e. The van der Waals surface area contributed by atoms with Crippen molar-refractivity contribution in [2.24, 2.45) is 0 Å². The normalized spacial score (nSPS) is 11.5. The number of carbonyl (C=O) groups is 1. The molecule has 1 N–H and O–H groups in total. The number of hydrogen-bond acceptors (Lipinski definition) is 5. The fraction of sp³-hybridized carbons (Fsp3) is 0.360. The molecule has 2 heterocycles. The van der Waals surface area contributed by atoms with E-state index in [-0.39, 0.29) is 24.0 Å². The minimum atomic E-state index is -0.104. The van der Waals surface area contributed by atoms with Gasteiger partial charge in [-0.2, -0.15) is 0 Å². The van der Waals surface area contributed by atoms with Crippen molar-refractivity contribution in [3.05, 3.63) is 75.3 Å². The van der Waals surface area contributed by atoms with E-state index in [1.54, 1.807) is 22.8 Å². The third kappa shape index (κ3) is 5.46. The van der Waals surface area contributed by atoms with Gasteiger partial charge in [0.05, 0.1) is 17.0 Å². The number of nitrogens with one attached hydrogen (secondary N) is 1. The van der Waals surface area contributed by atoms with E-state index in [0.29, 0.717) is 54.5 Å². The summed E-state index contributed by atoms with van der Waals surface area (Å²) < 4.78 is 9.15. The summed E-state index contributed by atoms with van der Waals surface area (Å²) in [5.41, 5.74) is 1.60. The number of hydrogen-bond donors (Lipinski definition) is 1. The third-order valence-corrected chi connectivity index (χ3v) is 5.78. The van der Waals surface area contributed by atoms with Gasteiger partial charge in [-0.25, -0.2) is 0 Å². The predicted molar refractivity (Wildman–Crippen MR) is 132 cm³/mol. The molecule has 8 nitrogen and oxygen atoms in total. The first kappa shape index (κ1) is 23.9. The molecule has 2 aromatic carbocycles. The van der Waals surface area contributed by atoms with Crippen LogP contribution in [-0.2, 0) is 29.0 Å². The number of nitrogens with zero attached hydrogens (tertiary/aromatic N) is 4. The monoisotopic (exact) mass is 481 g/mol. The summed E-state index contributed by atoms with van der Waals surface area (Å²) in [5.74, 6) is 1.03. The van der Waals surface area contributed by atoms with Crippen molar-refractivity contribution < 1.29 is 9.53 Å². The van der Waals surface area contributed by atoms with Gasteiger partial charge in [0.2, 0.25) is 11.7 Å². The molecule has 0 aliphatic rings. The Bertz CT molecular complexity index is 1340. The summed E-state index contributed by atoms with van der Waals surface area (Å²) in [6, 6.07) is 14.8. The fourth-order valence-corrected chi connectivity index (χ4v) is 3.96. The fourth-order valence-electron chi connectivity index (χ4n) is 3.84. The maximum absolute atomic E-state index is 13.2. The number of aromatic nitrogens is 4. The van der Waals surface area contributed by atoms with Crippen molar-refractivity contribution in [1.82, 2.24) is 24.5 Å². The quantitative estimate of drug-likeness (QED) is 0.348. The highest BCUT2D eigenvalue weighted by Gasteiger charge is 2.17. The highest BCUT2D eigenvalue weighted by molar-refractivity contribution is 6.30. The number of amides is 1. The lowest BCUT2D eigenvalue weighted by Gasteiger charge is -2.12. The Balaban J connectivity index is 1.53. The minimum absolute atomic E-state index is 0.0878. The first-order valence-corrected chi connectivity index (χ1v) is 11.8. The van der Waals surface area contributed by atoms with Gasteiger partial charge in [0.15, 0.2) is 0 Å². The number of rotatable bonds is 10. The maximum atomic E-state index is 13.2. The second-order valence-corrected chi connectivity index (χ2v) is 8.84. The standard InChI is InChI=1S/C25H28ClN5O3/c1-17(2)34-15-5-14-30-24(33)20-6-3-4-7-21(20)31-22(28-29-25(30)31)12-13-23(32)27-16-18-8-10-19(26)11-9-18/h3-4,6-11,17H,5,12-16H2,1-2H3,(H,27,32). The first-order chi connectivity index (χ1) is 16.4. The van der Waals surface area contributed by atoms with Gasteiger partial charge in [0.25, 0.3) is 5.56 Å². The van der Waals surface area contributed by atoms with E-state index in [9.17, 15) is 9.59 Å². The van der Waals surface area contributed by atoms with E-state index in [1.165, 1.54) is 0 Å². The lowest BCUT2D eigenvalue weighted by molar-refractivity contribution is -0.121. The molecule has 1 amide bonds. The molecule has 0 bridgehead atoms. The molecule has 178 valence electrons. The number of carbonyl (C=O) groups excluding carboxylic acids is 1. The van der Waals surface area contributed by atoms with Gasteiger partial charge < -0.3 is 10.1 Å². The van der Waals surface area contributed by atoms with Crippen molar-refractivity contribution in [1.29, 1.82) is 0 Å². The topological polar surface area (TPSA) is 90.5 Å². The molecule has 0 spiro atoms. The van der Waals surface area contributed by atoms with Crippen molar-refractivity contribution in [2.75, 3.05) is 6.61 Å². The Morgan fingerprint density at radius 1 is 1.12 bits per heavy atom. The van der Waals surface area contributed by atoms with Gasteiger partial charge in [0, 0.05) is 37.6 Å². The summed E-state index contributed by atoms with van der Waals surface area (Å²) in [4.78, 5) is 25.6. The molecule has 9 heteroatoms. The number of para-hydroxylation sites is 1. The van der Waals surface area contributed by atoms with Crippen molar-refractivity contribution in [2.45, 2.75) is 52.3 Å². The Morgan fingerprint density at radius 2 is 1.88 bits per heavy atom. The molecule has 34 heavy (non-hydrogen) atoms. The molecule has 0 atom stereocenters. The summed E-state index contributed by atoms with van der Waals surface area (Å²) in [6.45, 7) is 5.42. The number of benzene rings is 2. The summed E-state index contributed by atoms with van der Waals surface area (Å²) in [5, 5.41) is 12.8. The molecule has 0 unspecified atom stereocenters. The van der Waals surface area contributed by atoms with Crippen molar-refractivity contribution in [3.8, 4) is 0 Å². The zero-order valence-electron chi connectivity index (χ0n) is 19.3. The highest BCUT2D eigenvalue weighted by atomic mass is 35.5. The Morgan fingerprint density at radius 3 is 2.65 bits per heavy atom. The number of aryl methyl sites for hydroxylation is 2. The van der Waals surface area contributed by atoms with Crippen LogP contribution in [0, 0.1) is 0 Å². The Kier molecular flexibility index (Phi) is 7.59. The molecule has 0 saturated carbocycles. The molecule has 4 aromatic rings. The molecule has 0 aliphatic carbocycles. The minimum Gasteiger partial charge on any atom is -0.379 e. The zero-order chi connectivity index (χ0) is 24.1. The van der Waals surface area contributed by atoms with Crippen LogP contribution in [0.3, 0.4) is 0 Å². The highest BCUT2D eigenvalue weighted by Crippen LogP contribution is 2.16. The lowest BCUT2D eigenvalue weighted by Crippen LogP contribution is -2.25. The van der Waals surface area contributed by atoms with Gasteiger partial charge in [-0.1, -0.05) is 35.9 Å². The van der Waals surface area contributed by atoms with E-state index < -0.39 is 0 Å². The second-order valence-electron chi connectivity index (χ2n) is 8.40. The van der Waals surface area contributed by atoms with Crippen LogP contribution in [-0.4, -0.2) is 37.8 Å². The van der Waals surface area contributed by atoms with E-state index in [2.05, 4.69) is 15.5 Å². The van der Waals surface area contributed by atoms with Crippen LogP contribution in [0.1, 0.15) is 38.1 Å². The van der Waals surface area contributed by atoms with E-state index in [4.69, 9.17) is 16.3 Å². The Hall–Kier alpha value is -3.23. The molecule has 0 fully saturated rings. The van der Waals surface area contributed by atoms with Crippen LogP contribution >= 0.6 is 11.6 Å². The lowest BCUT2D eigenvalue weighted by atomic mass is 10.2. The maximum Gasteiger partial charge on any atom is 0.262 e. The number of fused-ring (bicyclic) bond motifs is 3. The molecule has 0 aliphatic heterocycles. The SMILES string of the molecule is CC(C)OCCCn1c(=O)c2ccccc2n2c(CCC(=O)NCc3ccc(Cl)cc3)nnc12. The van der Waals surface area contributed by atoms with Crippen molar-refractivity contribution in [3.63, 3.8) is 0 Å². The zero-order valence-corrected chi connectivity index (χ0v) is 20.1. The summed E-state index contributed by atoms with van der Waals surface area (Å²) in [6.07, 6.45) is 1.47. The van der Waals surface area contributed by atoms with Crippen LogP contribution in [0.5, 0.6) is 0 Å². The van der Waals surface area contributed by atoms with Crippen LogP contribution < -0.4 is 10.9 Å². The van der Waals surface area contributed by atoms with Gasteiger partial charge in [-0.05, 0) is 50.1 Å². The molecular weight excluding hydrogens is 454 g/mol. The van der Waals surface area contributed by atoms with Crippen LogP contribution in [0.25, 0.3) is 16.7 Å². The van der Waals surface area contributed by atoms with Gasteiger partial charge in [-0.3, -0.25) is 18.6 Å². The second kappa shape index (κ2) is 10.8. The van der Waals surface area contributed by atoms with E-state index in [0.717, 1.165) is 11.1 Å². The molecular formula is C25H28ClN5O3. The number of halogens is 1. The van der Waals surface area contributed by atoms with Crippen LogP contribution in [0.15, 0.2) is 53.3 Å². The molecule has 2 aromatic heterocycles. The average Bonchev–Trinajstić information content (AvgIpc) is 3.25.